The van der Waals surface area contributed by atoms with Crippen molar-refractivity contribution in [2.75, 3.05) is 37.7 Å². The van der Waals surface area contributed by atoms with Crippen LogP contribution in [0.4, 0.5) is 5.69 Å². The highest BCUT2D eigenvalue weighted by Crippen LogP contribution is 2.22. The third-order valence-corrected chi connectivity index (χ3v) is 5.04. The summed E-state index contributed by atoms with van der Waals surface area (Å²) in [7, 11) is 0. The van der Waals surface area contributed by atoms with Crippen LogP contribution in [-0.2, 0) is 24.2 Å². The number of morpholine rings is 1. The van der Waals surface area contributed by atoms with Gasteiger partial charge in [0.1, 0.15) is 0 Å². The monoisotopic (exact) mass is 508 g/mol. The second kappa shape index (κ2) is 12.7. The Balaban J connectivity index is 0.00000300. The lowest BCUT2D eigenvalue weighted by Gasteiger charge is -2.30. The fourth-order valence-electron chi connectivity index (χ4n) is 3.52. The number of rotatable bonds is 7. The molecule has 1 saturated heterocycles. The molecular weight excluding hydrogens is 475 g/mol. The molecule has 1 aliphatic heterocycles. The van der Waals surface area contributed by atoms with E-state index in [0.717, 1.165) is 51.8 Å². The average Bonchev–Trinajstić information content (AvgIpc) is 2.76. The van der Waals surface area contributed by atoms with E-state index in [9.17, 15) is 0 Å². The van der Waals surface area contributed by atoms with Gasteiger partial charge in [0.2, 0.25) is 0 Å². The second-order valence-electron chi connectivity index (χ2n) is 6.90. The zero-order valence-electron chi connectivity index (χ0n) is 17.5. The Labute approximate surface area is 192 Å². The molecule has 6 heteroatoms. The Bertz CT molecular complexity index is 775. The lowest BCUT2D eigenvalue weighted by Crippen LogP contribution is -2.37. The first-order valence-corrected chi connectivity index (χ1v) is 10.3. The number of nitrogens with one attached hydrogen (secondary N) is 2. The number of halogens is 1. The summed E-state index contributed by atoms with van der Waals surface area (Å²) < 4.78 is 5.49. The van der Waals surface area contributed by atoms with E-state index in [0.29, 0.717) is 6.54 Å². The molecule has 158 valence electrons. The van der Waals surface area contributed by atoms with Crippen LogP contribution in [0.1, 0.15) is 30.5 Å². The van der Waals surface area contributed by atoms with Crippen molar-refractivity contribution in [2.45, 2.75) is 33.4 Å². The number of guanidine groups is 1. The first-order chi connectivity index (χ1) is 13.8. The number of para-hydroxylation sites is 1. The molecule has 5 nitrogen and oxygen atoms in total. The summed E-state index contributed by atoms with van der Waals surface area (Å²) in [5, 5.41) is 6.85. The van der Waals surface area contributed by atoms with Crippen molar-refractivity contribution in [3.63, 3.8) is 0 Å². The Morgan fingerprint density at radius 2 is 1.59 bits per heavy atom. The van der Waals surface area contributed by atoms with Crippen LogP contribution >= 0.6 is 24.0 Å². The predicted molar refractivity (Wildman–Crippen MR) is 132 cm³/mol. The van der Waals surface area contributed by atoms with Crippen molar-refractivity contribution in [3.8, 4) is 0 Å². The fourth-order valence-corrected chi connectivity index (χ4v) is 3.52. The van der Waals surface area contributed by atoms with Gasteiger partial charge in [0.25, 0.3) is 0 Å². The molecule has 0 aliphatic carbocycles. The molecule has 2 aromatic rings. The smallest absolute Gasteiger partial charge is 0.191 e. The zero-order chi connectivity index (χ0) is 19.6. The van der Waals surface area contributed by atoms with Gasteiger partial charge in [-0.15, -0.1) is 24.0 Å². The molecule has 2 N–H and O–H groups in total. The van der Waals surface area contributed by atoms with Gasteiger partial charge >= 0.3 is 0 Å². The normalized spacial score (nSPS) is 14.3. The zero-order valence-corrected chi connectivity index (χ0v) is 19.8. The van der Waals surface area contributed by atoms with Crippen LogP contribution < -0.4 is 15.5 Å². The van der Waals surface area contributed by atoms with Crippen LogP contribution in [0.5, 0.6) is 0 Å². The van der Waals surface area contributed by atoms with Crippen LogP contribution in [0.2, 0.25) is 0 Å². The summed E-state index contributed by atoms with van der Waals surface area (Å²) in [6, 6.07) is 17.1. The van der Waals surface area contributed by atoms with Crippen LogP contribution in [0.25, 0.3) is 0 Å². The molecule has 0 bridgehead atoms. The van der Waals surface area contributed by atoms with E-state index < -0.39 is 0 Å². The number of ether oxygens (including phenoxy) is 1. The molecular formula is C23H33IN4O. The molecule has 0 spiro atoms. The van der Waals surface area contributed by atoms with Crippen LogP contribution in [0.3, 0.4) is 0 Å². The van der Waals surface area contributed by atoms with Gasteiger partial charge in [-0.2, -0.15) is 0 Å². The minimum atomic E-state index is 0. The minimum Gasteiger partial charge on any atom is -0.378 e. The van der Waals surface area contributed by atoms with Gasteiger partial charge in [-0.1, -0.05) is 49.4 Å². The topological polar surface area (TPSA) is 48.9 Å². The highest BCUT2D eigenvalue weighted by Gasteiger charge is 2.14. The summed E-state index contributed by atoms with van der Waals surface area (Å²) >= 11 is 0. The van der Waals surface area contributed by atoms with Gasteiger partial charge in [0.15, 0.2) is 5.96 Å². The van der Waals surface area contributed by atoms with Gasteiger partial charge < -0.3 is 20.3 Å². The highest BCUT2D eigenvalue weighted by atomic mass is 127. The van der Waals surface area contributed by atoms with Crippen molar-refractivity contribution in [1.29, 1.82) is 0 Å². The van der Waals surface area contributed by atoms with Crippen molar-refractivity contribution < 1.29 is 4.74 Å². The Kier molecular flexibility index (Phi) is 10.3. The maximum absolute atomic E-state index is 5.49. The van der Waals surface area contributed by atoms with Crippen molar-refractivity contribution in [1.82, 2.24) is 10.6 Å². The van der Waals surface area contributed by atoms with Gasteiger partial charge in [0.05, 0.1) is 19.8 Å². The maximum Gasteiger partial charge on any atom is 0.191 e. The van der Waals surface area contributed by atoms with E-state index >= 15 is 0 Å². The summed E-state index contributed by atoms with van der Waals surface area (Å²) in [6.45, 7) is 10.0. The second-order valence-corrected chi connectivity index (χ2v) is 6.90. The van der Waals surface area contributed by atoms with Crippen molar-refractivity contribution in [3.05, 3.63) is 65.2 Å². The molecule has 1 heterocycles. The van der Waals surface area contributed by atoms with E-state index in [2.05, 4.69) is 77.9 Å². The van der Waals surface area contributed by atoms with Crippen LogP contribution in [0.15, 0.2) is 53.5 Å². The third kappa shape index (κ3) is 6.89. The van der Waals surface area contributed by atoms with Gasteiger partial charge in [-0.25, -0.2) is 4.99 Å². The SMILES string of the molecule is CCNC(=NCc1ccccc1N1CCOCC1)NCc1ccccc1CC.I. The number of benzene rings is 2. The molecule has 0 radical (unpaired) electrons. The molecule has 0 atom stereocenters. The molecule has 0 aromatic heterocycles. The molecule has 2 aromatic carbocycles. The van der Waals surface area contributed by atoms with Gasteiger partial charge in [-0.05, 0) is 36.1 Å². The number of aryl methyl sites for hydroxylation is 1. The summed E-state index contributed by atoms with van der Waals surface area (Å²) in [6.07, 6.45) is 1.04. The van der Waals surface area contributed by atoms with E-state index in [1.165, 1.54) is 22.4 Å². The Morgan fingerprint density at radius 1 is 0.931 bits per heavy atom. The minimum absolute atomic E-state index is 0. The van der Waals surface area contributed by atoms with E-state index in [1.54, 1.807) is 0 Å². The molecule has 0 unspecified atom stereocenters. The average molecular weight is 508 g/mol. The van der Waals surface area contributed by atoms with Crippen LogP contribution in [0, 0.1) is 0 Å². The molecule has 1 fully saturated rings. The largest absolute Gasteiger partial charge is 0.378 e. The van der Waals surface area contributed by atoms with Gasteiger partial charge in [-0.3, -0.25) is 0 Å². The van der Waals surface area contributed by atoms with E-state index in [-0.39, 0.29) is 24.0 Å². The fraction of sp³-hybridized carbons (Fsp3) is 0.435. The number of anilines is 1. The third-order valence-electron chi connectivity index (χ3n) is 5.04. The van der Waals surface area contributed by atoms with E-state index in [1.807, 2.05) is 0 Å². The predicted octanol–water partition coefficient (Wildman–Crippen LogP) is 3.96. The molecule has 0 saturated carbocycles. The number of nitrogens with zero attached hydrogens (tertiary/aromatic N) is 2. The number of hydrogen-bond acceptors (Lipinski definition) is 3. The molecule has 29 heavy (non-hydrogen) atoms. The lowest BCUT2D eigenvalue weighted by atomic mass is 10.1. The lowest BCUT2D eigenvalue weighted by molar-refractivity contribution is 0.122. The molecule has 0 amide bonds. The maximum atomic E-state index is 5.49. The van der Waals surface area contributed by atoms with Crippen LogP contribution in [-0.4, -0.2) is 38.8 Å². The summed E-state index contributed by atoms with van der Waals surface area (Å²) in [5.74, 6) is 0.852. The Morgan fingerprint density at radius 3 is 2.28 bits per heavy atom. The summed E-state index contributed by atoms with van der Waals surface area (Å²) in [5.41, 5.74) is 5.21. The standard InChI is InChI=1S/C23H32N4O.HI/c1-3-19-9-5-6-10-20(19)17-25-23(24-4-2)26-18-21-11-7-8-12-22(21)27-13-15-28-16-14-27;/h5-12H,3-4,13-18H2,1-2H3,(H2,24,25,26);1H. The number of hydrogen-bond donors (Lipinski definition) is 2. The first kappa shape index (κ1) is 23.5. The van der Waals surface area contributed by atoms with Gasteiger partial charge in [0, 0.05) is 31.9 Å². The highest BCUT2D eigenvalue weighted by molar-refractivity contribution is 14.0. The molecule has 1 aliphatic rings. The van der Waals surface area contributed by atoms with Crippen molar-refractivity contribution >= 4 is 35.6 Å². The summed E-state index contributed by atoms with van der Waals surface area (Å²) in [4.78, 5) is 7.24. The Hall–Kier alpha value is -1.80. The number of aliphatic imine (C=N–C) groups is 1. The first-order valence-electron chi connectivity index (χ1n) is 10.3. The van der Waals surface area contributed by atoms with E-state index in [4.69, 9.17) is 9.73 Å². The van der Waals surface area contributed by atoms with Crippen molar-refractivity contribution in [2.24, 2.45) is 4.99 Å². The molecule has 3 rings (SSSR count). The quantitative estimate of drug-likeness (QED) is 0.338.